The van der Waals surface area contributed by atoms with Crippen molar-refractivity contribution < 1.29 is 14.8 Å². The average molecular weight is 246 g/mol. The molecule has 18 heavy (non-hydrogen) atoms. The molecular weight excluding hydrogens is 232 g/mol. The molecule has 2 rings (SSSR count). The van der Waals surface area contributed by atoms with Gasteiger partial charge in [0.15, 0.2) is 0 Å². The third kappa shape index (κ3) is 2.75. The number of carbonyl (C=O) groups is 2. The fraction of sp³-hybridized carbons (Fsp3) is 0.231. The lowest BCUT2D eigenvalue weighted by atomic mass is 10.2. The lowest BCUT2D eigenvalue weighted by molar-refractivity contribution is -0.131. The van der Waals surface area contributed by atoms with E-state index in [1.807, 2.05) is 30.3 Å². The van der Waals surface area contributed by atoms with Crippen LogP contribution in [0.3, 0.4) is 0 Å². The van der Waals surface area contributed by atoms with Gasteiger partial charge in [0.1, 0.15) is 0 Å². The minimum absolute atomic E-state index is 0.0827. The van der Waals surface area contributed by atoms with Crippen molar-refractivity contribution in [3.05, 3.63) is 47.5 Å². The smallest absolute Gasteiger partial charge is 0.250 e. The van der Waals surface area contributed by atoms with E-state index in [-0.39, 0.29) is 12.3 Å². The summed E-state index contributed by atoms with van der Waals surface area (Å²) in [5.74, 6) is -0.724. The van der Waals surface area contributed by atoms with Crippen LogP contribution in [0.2, 0.25) is 0 Å². The number of rotatable bonds is 4. The SMILES string of the molecule is O=C(CC1=CCN(Cc2ccccc2)C1=O)NO. The molecule has 1 aromatic rings. The molecule has 5 nitrogen and oxygen atoms in total. The van der Waals surface area contributed by atoms with Crippen LogP contribution in [0.4, 0.5) is 0 Å². The van der Waals surface area contributed by atoms with Gasteiger partial charge < -0.3 is 4.90 Å². The maximum atomic E-state index is 12.0. The number of amides is 2. The van der Waals surface area contributed by atoms with Crippen molar-refractivity contribution in [2.24, 2.45) is 0 Å². The van der Waals surface area contributed by atoms with Gasteiger partial charge in [-0.05, 0) is 5.56 Å². The highest BCUT2D eigenvalue weighted by Gasteiger charge is 2.25. The Labute approximate surface area is 105 Å². The van der Waals surface area contributed by atoms with Crippen LogP contribution in [0.1, 0.15) is 12.0 Å². The first-order valence-electron chi connectivity index (χ1n) is 5.66. The molecule has 0 spiro atoms. The highest BCUT2D eigenvalue weighted by molar-refractivity contribution is 6.00. The van der Waals surface area contributed by atoms with E-state index in [4.69, 9.17) is 5.21 Å². The fourth-order valence-electron chi connectivity index (χ4n) is 1.89. The van der Waals surface area contributed by atoms with Gasteiger partial charge in [0.25, 0.3) is 5.91 Å². The molecule has 0 saturated heterocycles. The van der Waals surface area contributed by atoms with Crippen molar-refractivity contribution >= 4 is 11.8 Å². The number of carbonyl (C=O) groups excluding carboxylic acids is 2. The Morgan fingerprint density at radius 1 is 1.33 bits per heavy atom. The second-order valence-electron chi connectivity index (χ2n) is 4.11. The second kappa shape index (κ2) is 5.46. The molecule has 0 radical (unpaired) electrons. The van der Waals surface area contributed by atoms with Crippen LogP contribution in [0.15, 0.2) is 42.0 Å². The fourth-order valence-corrected chi connectivity index (χ4v) is 1.89. The van der Waals surface area contributed by atoms with Crippen LogP contribution < -0.4 is 5.48 Å². The maximum absolute atomic E-state index is 12.0. The molecule has 1 aliphatic heterocycles. The van der Waals surface area contributed by atoms with Crippen LogP contribution >= 0.6 is 0 Å². The summed E-state index contributed by atoms with van der Waals surface area (Å²) in [7, 11) is 0. The van der Waals surface area contributed by atoms with E-state index in [1.54, 1.807) is 11.0 Å². The molecule has 0 aromatic heterocycles. The Balaban J connectivity index is 1.96. The minimum Gasteiger partial charge on any atom is -0.331 e. The number of hydroxylamine groups is 1. The molecule has 2 N–H and O–H groups in total. The second-order valence-corrected chi connectivity index (χ2v) is 4.11. The first-order chi connectivity index (χ1) is 8.70. The number of hydrogen-bond donors (Lipinski definition) is 2. The molecule has 5 heteroatoms. The normalized spacial score (nSPS) is 14.6. The Morgan fingerprint density at radius 2 is 2.06 bits per heavy atom. The van der Waals surface area contributed by atoms with E-state index in [2.05, 4.69) is 0 Å². The molecule has 1 aromatic carbocycles. The zero-order valence-electron chi connectivity index (χ0n) is 9.80. The van der Waals surface area contributed by atoms with Crippen molar-refractivity contribution in [2.75, 3.05) is 6.54 Å². The van der Waals surface area contributed by atoms with Gasteiger partial charge in [-0.1, -0.05) is 36.4 Å². The summed E-state index contributed by atoms with van der Waals surface area (Å²) in [5.41, 5.74) is 3.00. The predicted molar refractivity (Wildman–Crippen MR) is 64.5 cm³/mol. The van der Waals surface area contributed by atoms with Gasteiger partial charge in [-0.25, -0.2) is 5.48 Å². The number of benzene rings is 1. The molecule has 94 valence electrons. The number of nitrogens with zero attached hydrogens (tertiary/aromatic N) is 1. The van der Waals surface area contributed by atoms with Crippen LogP contribution in [-0.2, 0) is 16.1 Å². The van der Waals surface area contributed by atoms with E-state index in [1.165, 1.54) is 5.48 Å². The van der Waals surface area contributed by atoms with Gasteiger partial charge >= 0.3 is 0 Å². The standard InChI is InChI=1S/C13H14N2O3/c16-12(14-18)8-11-6-7-15(13(11)17)9-10-4-2-1-3-5-10/h1-6,18H,7-9H2,(H,14,16). The quantitative estimate of drug-likeness (QED) is 0.611. The predicted octanol–water partition coefficient (Wildman–Crippen LogP) is 0.851. The first kappa shape index (κ1) is 12.3. The van der Waals surface area contributed by atoms with Crippen molar-refractivity contribution in [3.63, 3.8) is 0 Å². The highest BCUT2D eigenvalue weighted by Crippen LogP contribution is 2.17. The Morgan fingerprint density at radius 3 is 2.72 bits per heavy atom. The van der Waals surface area contributed by atoms with E-state index in [9.17, 15) is 9.59 Å². The van der Waals surface area contributed by atoms with Crippen molar-refractivity contribution in [3.8, 4) is 0 Å². The molecule has 2 amide bonds. The average Bonchev–Trinajstić information content (AvgIpc) is 2.73. The van der Waals surface area contributed by atoms with Gasteiger partial charge in [0.05, 0.1) is 6.42 Å². The monoisotopic (exact) mass is 246 g/mol. The van der Waals surface area contributed by atoms with E-state index in [0.29, 0.717) is 18.7 Å². The third-order valence-electron chi connectivity index (χ3n) is 2.81. The first-order valence-corrected chi connectivity index (χ1v) is 5.66. The van der Waals surface area contributed by atoms with Gasteiger partial charge in [-0.15, -0.1) is 0 Å². The summed E-state index contributed by atoms with van der Waals surface area (Å²) < 4.78 is 0. The Hall–Kier alpha value is -2.14. The largest absolute Gasteiger partial charge is 0.331 e. The lowest BCUT2D eigenvalue weighted by Crippen LogP contribution is -2.28. The van der Waals surface area contributed by atoms with Crippen LogP contribution in [-0.4, -0.2) is 28.5 Å². The van der Waals surface area contributed by atoms with E-state index in [0.717, 1.165) is 5.56 Å². The van der Waals surface area contributed by atoms with Crippen LogP contribution in [0.5, 0.6) is 0 Å². The van der Waals surface area contributed by atoms with Gasteiger partial charge in [-0.2, -0.15) is 0 Å². The number of hydrogen-bond acceptors (Lipinski definition) is 3. The summed E-state index contributed by atoms with van der Waals surface area (Å²) in [5, 5.41) is 8.43. The van der Waals surface area contributed by atoms with Crippen molar-refractivity contribution in [1.82, 2.24) is 10.4 Å². The summed E-state index contributed by atoms with van der Waals surface area (Å²) in [6, 6.07) is 9.66. The zero-order chi connectivity index (χ0) is 13.0. The summed E-state index contributed by atoms with van der Waals surface area (Å²) in [6.45, 7) is 1.03. The third-order valence-corrected chi connectivity index (χ3v) is 2.81. The molecule has 0 aliphatic carbocycles. The molecule has 1 heterocycles. The molecule has 0 atom stereocenters. The Bertz CT molecular complexity index is 482. The zero-order valence-corrected chi connectivity index (χ0v) is 9.80. The molecule has 0 saturated carbocycles. The maximum Gasteiger partial charge on any atom is 0.250 e. The molecule has 0 unspecified atom stereocenters. The Kier molecular flexibility index (Phi) is 3.74. The van der Waals surface area contributed by atoms with Gasteiger partial charge in [-0.3, -0.25) is 14.8 Å². The van der Waals surface area contributed by atoms with Gasteiger partial charge in [0, 0.05) is 18.7 Å². The van der Waals surface area contributed by atoms with Crippen LogP contribution in [0, 0.1) is 0 Å². The molecule has 0 fully saturated rings. The minimum atomic E-state index is -0.573. The summed E-state index contributed by atoms with van der Waals surface area (Å²) in [6.07, 6.45) is 1.64. The molecule has 0 bridgehead atoms. The van der Waals surface area contributed by atoms with E-state index < -0.39 is 5.91 Å². The summed E-state index contributed by atoms with van der Waals surface area (Å²) >= 11 is 0. The van der Waals surface area contributed by atoms with Crippen molar-refractivity contribution in [2.45, 2.75) is 13.0 Å². The summed E-state index contributed by atoms with van der Waals surface area (Å²) in [4.78, 5) is 24.6. The number of nitrogens with one attached hydrogen (secondary N) is 1. The van der Waals surface area contributed by atoms with Crippen LogP contribution in [0.25, 0.3) is 0 Å². The molecule has 1 aliphatic rings. The lowest BCUT2D eigenvalue weighted by Gasteiger charge is -2.16. The topological polar surface area (TPSA) is 69.6 Å². The van der Waals surface area contributed by atoms with Crippen molar-refractivity contribution in [1.29, 1.82) is 0 Å². The van der Waals surface area contributed by atoms with Gasteiger partial charge in [0.2, 0.25) is 5.91 Å². The highest BCUT2D eigenvalue weighted by atomic mass is 16.5. The van der Waals surface area contributed by atoms with E-state index >= 15 is 0 Å². The molecular formula is C13H14N2O3.